The van der Waals surface area contributed by atoms with Gasteiger partial charge in [0.15, 0.2) is 0 Å². The molecule has 172 valence electrons. The van der Waals surface area contributed by atoms with E-state index in [0.29, 0.717) is 17.6 Å². The largest absolute Gasteiger partial charge is 0.497 e. The van der Waals surface area contributed by atoms with Gasteiger partial charge >= 0.3 is 10.1 Å². The van der Waals surface area contributed by atoms with Crippen LogP contribution in [-0.4, -0.2) is 15.5 Å². The smallest absolute Gasteiger partial charge is 0.339 e. The molecule has 2 bridgehead atoms. The summed E-state index contributed by atoms with van der Waals surface area (Å²) < 4.78 is 50.5. The molecule has 0 aliphatic heterocycles. The molecule has 0 heterocycles. The number of fused-ring (bicyclic) bond motifs is 6. The lowest BCUT2D eigenvalue weighted by Gasteiger charge is -2.32. The minimum absolute atomic E-state index is 0.177. The van der Waals surface area contributed by atoms with Gasteiger partial charge in [-0.15, -0.1) is 0 Å². The van der Waals surface area contributed by atoms with Gasteiger partial charge in [0.25, 0.3) is 0 Å². The zero-order chi connectivity index (χ0) is 23.0. The first-order chi connectivity index (χ1) is 15.9. The lowest BCUT2D eigenvalue weighted by Crippen LogP contribution is -2.21. The van der Waals surface area contributed by atoms with Crippen molar-refractivity contribution >= 4 is 10.1 Å². The van der Waals surface area contributed by atoms with Gasteiger partial charge in [-0.25, -0.2) is 4.39 Å². The third-order valence-corrected chi connectivity index (χ3v) is 8.24. The Morgan fingerprint density at radius 2 is 1.76 bits per heavy atom. The van der Waals surface area contributed by atoms with Crippen LogP contribution in [0.25, 0.3) is 0 Å². The summed E-state index contributed by atoms with van der Waals surface area (Å²) >= 11 is 0. The van der Waals surface area contributed by atoms with E-state index in [2.05, 4.69) is 18.2 Å². The molecular weight excluding hydrogens is 439 g/mol. The second kappa shape index (κ2) is 8.82. The van der Waals surface area contributed by atoms with Gasteiger partial charge in [0.2, 0.25) is 0 Å². The SMILES string of the molecule is COc1ccc2c(c1)CCC1CCC2Cc2cccc(OS(=O)(=O)c3cccc(F)c3)c2C1. The van der Waals surface area contributed by atoms with Gasteiger partial charge in [0.1, 0.15) is 22.2 Å². The van der Waals surface area contributed by atoms with Crippen molar-refractivity contribution in [2.75, 3.05) is 7.11 Å². The Morgan fingerprint density at radius 3 is 2.58 bits per heavy atom. The van der Waals surface area contributed by atoms with Crippen LogP contribution < -0.4 is 8.92 Å². The summed E-state index contributed by atoms with van der Waals surface area (Å²) in [6, 6.07) is 17.0. The molecule has 0 N–H and O–H groups in total. The van der Waals surface area contributed by atoms with Gasteiger partial charge in [-0.1, -0.05) is 24.3 Å². The number of aryl methyl sites for hydroxylation is 1. The zero-order valence-corrected chi connectivity index (χ0v) is 19.4. The number of halogens is 1. The van der Waals surface area contributed by atoms with Crippen LogP contribution in [0.15, 0.2) is 65.6 Å². The Bertz CT molecular complexity index is 1290. The van der Waals surface area contributed by atoms with E-state index in [1.54, 1.807) is 13.2 Å². The lowest BCUT2D eigenvalue weighted by atomic mass is 9.73. The quantitative estimate of drug-likeness (QED) is 0.454. The summed E-state index contributed by atoms with van der Waals surface area (Å²) in [4.78, 5) is -0.177. The van der Waals surface area contributed by atoms with Crippen LogP contribution in [0.5, 0.6) is 11.5 Å². The standard InChI is InChI=1S/C27H27FO4S/c1-31-23-12-13-25-20-10-8-18(9-11-21(25)16-23)14-26-19(15-20)4-2-7-27(26)32-33(29,30)24-6-3-5-22(28)17-24/h2-7,12-13,16-18,20H,8-11,14-15H2,1H3. The van der Waals surface area contributed by atoms with Crippen molar-refractivity contribution in [1.29, 1.82) is 0 Å². The van der Waals surface area contributed by atoms with E-state index < -0.39 is 15.9 Å². The molecule has 3 aromatic carbocycles. The first-order valence-electron chi connectivity index (χ1n) is 11.4. The maximum atomic E-state index is 13.6. The molecule has 2 aliphatic rings. The van der Waals surface area contributed by atoms with Crippen LogP contribution >= 0.6 is 0 Å². The number of hydrogen-bond donors (Lipinski definition) is 0. The molecule has 0 fully saturated rings. The molecule has 4 nitrogen and oxygen atoms in total. The molecular formula is C27H27FO4S. The summed E-state index contributed by atoms with van der Waals surface area (Å²) in [7, 11) is -2.43. The van der Waals surface area contributed by atoms with Crippen molar-refractivity contribution in [3.63, 3.8) is 0 Å². The summed E-state index contributed by atoms with van der Waals surface area (Å²) in [6.07, 6.45) is 5.82. The predicted octanol–water partition coefficient (Wildman–Crippen LogP) is 5.83. The Labute approximate surface area is 194 Å². The summed E-state index contributed by atoms with van der Waals surface area (Å²) in [5, 5.41) is 0. The first-order valence-corrected chi connectivity index (χ1v) is 12.8. The highest BCUT2D eigenvalue weighted by Gasteiger charge is 2.29. The fourth-order valence-corrected chi connectivity index (χ4v) is 6.28. The molecule has 0 saturated carbocycles. The molecule has 0 radical (unpaired) electrons. The fourth-order valence-electron chi connectivity index (χ4n) is 5.29. The van der Waals surface area contributed by atoms with Gasteiger partial charge in [0, 0.05) is 0 Å². The second-order valence-electron chi connectivity index (χ2n) is 9.04. The van der Waals surface area contributed by atoms with Crippen LogP contribution in [0, 0.1) is 11.7 Å². The minimum Gasteiger partial charge on any atom is -0.497 e. The number of hydrogen-bond acceptors (Lipinski definition) is 4. The van der Waals surface area contributed by atoms with E-state index in [1.165, 1.54) is 29.3 Å². The molecule has 3 aromatic rings. The Morgan fingerprint density at radius 1 is 0.909 bits per heavy atom. The van der Waals surface area contributed by atoms with Crippen molar-refractivity contribution in [3.8, 4) is 11.5 Å². The lowest BCUT2D eigenvalue weighted by molar-refractivity contribution is 0.377. The molecule has 0 saturated heterocycles. The molecule has 6 heteroatoms. The summed E-state index contributed by atoms with van der Waals surface area (Å²) in [6.45, 7) is 0. The topological polar surface area (TPSA) is 52.6 Å². The molecule has 2 unspecified atom stereocenters. The second-order valence-corrected chi connectivity index (χ2v) is 10.6. The maximum Gasteiger partial charge on any atom is 0.339 e. The Balaban J connectivity index is 1.52. The van der Waals surface area contributed by atoms with E-state index in [1.807, 2.05) is 12.1 Å². The van der Waals surface area contributed by atoms with Gasteiger partial charge in [-0.2, -0.15) is 8.42 Å². The molecule has 33 heavy (non-hydrogen) atoms. The number of benzene rings is 3. The first kappa shape index (κ1) is 22.0. The van der Waals surface area contributed by atoms with Crippen molar-refractivity contribution in [3.05, 3.63) is 88.7 Å². The number of methoxy groups -OCH3 is 1. The number of rotatable bonds is 4. The fraction of sp³-hybridized carbons (Fsp3) is 0.333. The van der Waals surface area contributed by atoms with Crippen LogP contribution in [0.3, 0.4) is 0 Å². The van der Waals surface area contributed by atoms with Crippen molar-refractivity contribution in [1.82, 2.24) is 0 Å². The van der Waals surface area contributed by atoms with E-state index in [4.69, 9.17) is 8.92 Å². The number of ether oxygens (including phenoxy) is 1. The molecule has 0 amide bonds. The Kier molecular flexibility index (Phi) is 5.87. The van der Waals surface area contributed by atoms with Gasteiger partial charge in [-0.05, 0) is 109 Å². The highest BCUT2D eigenvalue weighted by molar-refractivity contribution is 7.87. The van der Waals surface area contributed by atoms with Gasteiger partial charge in [-0.3, -0.25) is 0 Å². The molecule has 0 spiro atoms. The average molecular weight is 467 g/mol. The van der Waals surface area contributed by atoms with Crippen molar-refractivity contribution in [2.45, 2.75) is 49.3 Å². The maximum absolute atomic E-state index is 13.6. The predicted molar refractivity (Wildman–Crippen MR) is 125 cm³/mol. The van der Waals surface area contributed by atoms with E-state index in [-0.39, 0.29) is 4.90 Å². The van der Waals surface area contributed by atoms with Crippen LogP contribution in [0.2, 0.25) is 0 Å². The highest BCUT2D eigenvalue weighted by atomic mass is 32.2. The van der Waals surface area contributed by atoms with Crippen LogP contribution in [-0.2, 0) is 29.4 Å². The summed E-state index contributed by atoms with van der Waals surface area (Å²) in [5.41, 5.74) is 4.80. The average Bonchev–Trinajstić information content (AvgIpc) is 2.78. The van der Waals surface area contributed by atoms with E-state index in [9.17, 15) is 12.8 Å². The van der Waals surface area contributed by atoms with E-state index in [0.717, 1.165) is 61.5 Å². The molecule has 2 atom stereocenters. The van der Waals surface area contributed by atoms with Gasteiger partial charge in [0.05, 0.1) is 7.11 Å². The zero-order valence-electron chi connectivity index (χ0n) is 18.6. The normalized spacial score (nSPS) is 19.9. The molecule has 0 aromatic heterocycles. The third kappa shape index (κ3) is 4.49. The summed E-state index contributed by atoms with van der Waals surface area (Å²) in [5.74, 6) is 1.44. The minimum atomic E-state index is -4.13. The van der Waals surface area contributed by atoms with Crippen molar-refractivity contribution < 1.29 is 21.7 Å². The Hall–Kier alpha value is -2.86. The monoisotopic (exact) mass is 466 g/mol. The third-order valence-electron chi connectivity index (χ3n) is 7.01. The van der Waals surface area contributed by atoms with E-state index >= 15 is 0 Å². The van der Waals surface area contributed by atoms with Crippen LogP contribution in [0.4, 0.5) is 4.39 Å². The molecule has 5 rings (SSSR count). The van der Waals surface area contributed by atoms with Crippen molar-refractivity contribution in [2.24, 2.45) is 5.92 Å². The van der Waals surface area contributed by atoms with Gasteiger partial charge < -0.3 is 8.92 Å². The van der Waals surface area contributed by atoms with Crippen LogP contribution in [0.1, 0.15) is 47.4 Å². The highest BCUT2D eigenvalue weighted by Crippen LogP contribution is 2.42. The molecule has 2 aliphatic carbocycles.